The molecule has 31 heavy (non-hydrogen) atoms. The lowest BCUT2D eigenvalue weighted by atomic mass is 9.91. The third-order valence-corrected chi connectivity index (χ3v) is 6.77. The van der Waals surface area contributed by atoms with E-state index in [4.69, 9.17) is 0 Å². The topological polar surface area (TPSA) is 0 Å². The minimum absolute atomic E-state index is 1.13. The predicted octanol–water partition coefficient (Wildman–Crippen LogP) is 9.24. The van der Waals surface area contributed by atoms with E-state index in [9.17, 15) is 0 Å². The third kappa shape index (κ3) is 3.05. The van der Waals surface area contributed by atoms with Crippen LogP contribution >= 0.6 is 15.9 Å². The van der Waals surface area contributed by atoms with Crippen LogP contribution < -0.4 is 0 Å². The minimum Gasteiger partial charge on any atom is -0.0616 e. The van der Waals surface area contributed by atoms with Gasteiger partial charge in [-0.15, -0.1) is 0 Å². The molecule has 6 aromatic carbocycles. The van der Waals surface area contributed by atoms with Crippen molar-refractivity contribution in [2.24, 2.45) is 0 Å². The van der Waals surface area contributed by atoms with Crippen molar-refractivity contribution < 1.29 is 0 Å². The van der Waals surface area contributed by atoms with E-state index in [1.165, 1.54) is 54.6 Å². The lowest BCUT2D eigenvalue weighted by Crippen LogP contribution is -1.87. The number of halogens is 1. The van der Waals surface area contributed by atoms with Crippen molar-refractivity contribution in [1.82, 2.24) is 0 Å². The van der Waals surface area contributed by atoms with Gasteiger partial charge in [0.05, 0.1) is 0 Å². The molecule has 0 saturated heterocycles. The first kappa shape index (κ1) is 18.4. The summed E-state index contributed by atoms with van der Waals surface area (Å²) in [6, 6.07) is 41.5. The van der Waals surface area contributed by atoms with Gasteiger partial charge in [0.1, 0.15) is 0 Å². The van der Waals surface area contributed by atoms with E-state index in [0.29, 0.717) is 0 Å². The van der Waals surface area contributed by atoms with Crippen molar-refractivity contribution in [2.75, 3.05) is 0 Å². The summed E-state index contributed by atoms with van der Waals surface area (Å²) in [6.45, 7) is 0. The van der Waals surface area contributed by atoms with Gasteiger partial charge in [-0.3, -0.25) is 0 Å². The second kappa shape index (κ2) is 7.37. The van der Waals surface area contributed by atoms with Crippen LogP contribution in [0, 0.1) is 0 Å². The maximum atomic E-state index is 3.77. The summed E-state index contributed by atoms with van der Waals surface area (Å²) in [5, 5.41) is 7.66. The van der Waals surface area contributed by atoms with E-state index >= 15 is 0 Å². The highest BCUT2D eigenvalue weighted by Crippen LogP contribution is 2.38. The van der Waals surface area contributed by atoms with Crippen LogP contribution in [0.4, 0.5) is 0 Å². The van der Waals surface area contributed by atoms with Gasteiger partial charge in [-0.2, -0.15) is 0 Å². The van der Waals surface area contributed by atoms with Gasteiger partial charge in [0.2, 0.25) is 0 Å². The molecule has 6 aromatic rings. The van der Waals surface area contributed by atoms with E-state index in [0.717, 1.165) is 4.47 Å². The molecule has 0 fully saturated rings. The van der Waals surface area contributed by atoms with E-state index in [-0.39, 0.29) is 0 Å². The van der Waals surface area contributed by atoms with Crippen molar-refractivity contribution in [3.63, 3.8) is 0 Å². The largest absolute Gasteiger partial charge is 0.0616 e. The van der Waals surface area contributed by atoms with Gasteiger partial charge in [-0.05, 0) is 67.4 Å². The van der Waals surface area contributed by atoms with Gasteiger partial charge in [-0.1, -0.05) is 113 Å². The normalized spacial score (nSPS) is 11.4. The number of benzene rings is 6. The first-order chi connectivity index (χ1) is 15.3. The fraction of sp³-hybridized carbons (Fsp3) is 0. The lowest BCUT2D eigenvalue weighted by molar-refractivity contribution is 1.62. The third-order valence-electron chi connectivity index (χ3n) is 6.11. The van der Waals surface area contributed by atoms with Crippen LogP contribution in [-0.2, 0) is 0 Å². The molecule has 146 valence electrons. The van der Waals surface area contributed by atoms with Crippen LogP contribution in [-0.4, -0.2) is 0 Å². The van der Waals surface area contributed by atoms with Crippen LogP contribution in [0.5, 0.6) is 0 Å². The number of hydrogen-bond donors (Lipinski definition) is 0. The standard InChI is InChI=1S/C30H19Br/c31-29-17-7-10-20-9-6-16-25(30(20)29)21-11-5-12-22(18-21)28-19-23-8-1-2-13-24(23)26-14-3-4-15-27(26)28/h1-19H. The van der Waals surface area contributed by atoms with Gasteiger partial charge < -0.3 is 0 Å². The highest BCUT2D eigenvalue weighted by Gasteiger charge is 2.11. The van der Waals surface area contributed by atoms with Crippen LogP contribution in [0.3, 0.4) is 0 Å². The zero-order chi connectivity index (χ0) is 20.8. The molecule has 0 aliphatic heterocycles. The van der Waals surface area contributed by atoms with Crippen LogP contribution in [0.15, 0.2) is 120 Å². The van der Waals surface area contributed by atoms with Crippen LogP contribution in [0.25, 0.3) is 54.6 Å². The number of rotatable bonds is 2. The molecule has 0 saturated carbocycles. The highest BCUT2D eigenvalue weighted by atomic mass is 79.9. The average Bonchev–Trinajstić information content (AvgIpc) is 2.83. The molecule has 0 unspecified atom stereocenters. The Morgan fingerprint density at radius 2 is 1.03 bits per heavy atom. The molecule has 0 nitrogen and oxygen atoms in total. The summed E-state index contributed by atoms with van der Waals surface area (Å²) < 4.78 is 1.13. The van der Waals surface area contributed by atoms with Crippen molar-refractivity contribution in [2.45, 2.75) is 0 Å². The van der Waals surface area contributed by atoms with E-state index < -0.39 is 0 Å². The predicted molar refractivity (Wildman–Crippen MR) is 138 cm³/mol. The number of fused-ring (bicyclic) bond motifs is 4. The summed E-state index contributed by atoms with van der Waals surface area (Å²) in [5.41, 5.74) is 4.99. The Kier molecular flexibility index (Phi) is 4.36. The van der Waals surface area contributed by atoms with E-state index in [1.807, 2.05) is 0 Å². The van der Waals surface area contributed by atoms with Crippen molar-refractivity contribution >= 4 is 48.2 Å². The molecule has 0 N–H and O–H groups in total. The first-order valence-electron chi connectivity index (χ1n) is 10.5. The second-order valence-corrected chi connectivity index (χ2v) is 8.77. The van der Waals surface area contributed by atoms with Gasteiger partial charge in [0.15, 0.2) is 0 Å². The molecule has 0 spiro atoms. The van der Waals surface area contributed by atoms with Crippen LogP contribution in [0.2, 0.25) is 0 Å². The fourth-order valence-electron chi connectivity index (χ4n) is 4.68. The Hall–Kier alpha value is -3.42. The Balaban J connectivity index is 1.62. The Morgan fingerprint density at radius 1 is 0.419 bits per heavy atom. The molecule has 0 radical (unpaired) electrons. The summed E-state index contributed by atoms with van der Waals surface area (Å²) in [4.78, 5) is 0. The second-order valence-electron chi connectivity index (χ2n) is 7.92. The quantitative estimate of drug-likeness (QED) is 0.226. The summed E-state index contributed by atoms with van der Waals surface area (Å²) in [7, 11) is 0. The van der Waals surface area contributed by atoms with E-state index in [2.05, 4.69) is 131 Å². The molecule has 0 aromatic heterocycles. The molecule has 0 aliphatic rings. The molecule has 0 amide bonds. The Morgan fingerprint density at radius 3 is 1.87 bits per heavy atom. The SMILES string of the molecule is Brc1cccc2cccc(-c3cccc(-c4cc5ccccc5c5ccccc45)c3)c12. The fourth-order valence-corrected chi connectivity index (χ4v) is 5.28. The summed E-state index contributed by atoms with van der Waals surface area (Å²) in [6.07, 6.45) is 0. The maximum Gasteiger partial charge on any atom is 0.0259 e. The van der Waals surface area contributed by atoms with Gasteiger partial charge in [-0.25, -0.2) is 0 Å². The van der Waals surface area contributed by atoms with Crippen molar-refractivity contribution in [3.8, 4) is 22.3 Å². The Bertz CT molecular complexity index is 1590. The lowest BCUT2D eigenvalue weighted by Gasteiger charge is -2.13. The number of hydrogen-bond acceptors (Lipinski definition) is 0. The molecule has 1 heteroatoms. The van der Waals surface area contributed by atoms with Crippen molar-refractivity contribution in [3.05, 3.63) is 120 Å². The molecule has 0 bridgehead atoms. The van der Waals surface area contributed by atoms with Gasteiger partial charge in [0.25, 0.3) is 0 Å². The smallest absolute Gasteiger partial charge is 0.0259 e. The monoisotopic (exact) mass is 458 g/mol. The Labute approximate surface area is 189 Å². The first-order valence-corrected chi connectivity index (χ1v) is 11.3. The van der Waals surface area contributed by atoms with Gasteiger partial charge in [0, 0.05) is 9.86 Å². The summed E-state index contributed by atoms with van der Waals surface area (Å²) >= 11 is 3.77. The molecular formula is C30H19Br. The highest BCUT2D eigenvalue weighted by molar-refractivity contribution is 9.10. The maximum absolute atomic E-state index is 3.77. The van der Waals surface area contributed by atoms with Crippen LogP contribution in [0.1, 0.15) is 0 Å². The minimum atomic E-state index is 1.13. The van der Waals surface area contributed by atoms with Gasteiger partial charge >= 0.3 is 0 Å². The average molecular weight is 459 g/mol. The summed E-state index contributed by atoms with van der Waals surface area (Å²) in [5.74, 6) is 0. The molecular weight excluding hydrogens is 440 g/mol. The molecule has 0 aliphatic carbocycles. The van der Waals surface area contributed by atoms with Crippen molar-refractivity contribution in [1.29, 1.82) is 0 Å². The zero-order valence-corrected chi connectivity index (χ0v) is 18.4. The zero-order valence-electron chi connectivity index (χ0n) is 16.8. The molecule has 6 rings (SSSR count). The van der Waals surface area contributed by atoms with E-state index in [1.54, 1.807) is 0 Å². The molecule has 0 atom stereocenters. The molecule has 0 heterocycles.